The molecule has 130 valence electrons. The summed E-state index contributed by atoms with van der Waals surface area (Å²) in [7, 11) is 3.11. The summed E-state index contributed by atoms with van der Waals surface area (Å²) in [6.45, 7) is 4.74. The molecular weight excluding hydrogens is 306 g/mol. The highest BCUT2D eigenvalue weighted by molar-refractivity contribution is 6.14. The van der Waals surface area contributed by atoms with Gasteiger partial charge in [0.25, 0.3) is 0 Å². The highest BCUT2D eigenvalue weighted by Gasteiger charge is 2.21. The van der Waals surface area contributed by atoms with Crippen LogP contribution in [0.5, 0.6) is 0 Å². The lowest BCUT2D eigenvalue weighted by Gasteiger charge is -2.22. The van der Waals surface area contributed by atoms with E-state index in [2.05, 4.69) is 29.4 Å². The van der Waals surface area contributed by atoms with Gasteiger partial charge in [0.1, 0.15) is 0 Å². The third-order valence-electron chi connectivity index (χ3n) is 3.28. The van der Waals surface area contributed by atoms with Crippen LogP contribution in [0, 0.1) is 0 Å². The Morgan fingerprint density at radius 3 is 1.78 bits per heavy atom. The Labute approximate surface area is 134 Å². The Kier molecular flexibility index (Phi) is 7.72. The van der Waals surface area contributed by atoms with Gasteiger partial charge in [-0.3, -0.25) is 15.2 Å². The Hall–Kier alpha value is -2.45. The first-order chi connectivity index (χ1) is 11.0. The first-order valence-electron chi connectivity index (χ1n) is 7.26. The Bertz CT molecular complexity index is 449. The van der Waals surface area contributed by atoms with Crippen molar-refractivity contribution in [1.82, 2.24) is 10.6 Å². The average molecular weight is 329 g/mol. The van der Waals surface area contributed by atoms with Gasteiger partial charge in [-0.15, -0.1) is 0 Å². The van der Waals surface area contributed by atoms with E-state index in [1.54, 1.807) is 0 Å². The fourth-order valence-corrected chi connectivity index (χ4v) is 2.13. The number of nitrogens with zero attached hydrogens (tertiary/aromatic N) is 1. The highest BCUT2D eigenvalue weighted by atomic mass is 16.6. The second-order valence-electron chi connectivity index (χ2n) is 4.75. The third-order valence-corrected chi connectivity index (χ3v) is 3.28. The van der Waals surface area contributed by atoms with Crippen molar-refractivity contribution < 1.29 is 33.5 Å². The van der Waals surface area contributed by atoms with Gasteiger partial charge in [-0.25, -0.2) is 9.59 Å². The fraction of sp³-hybridized carbons (Fsp3) is 0.643. The number of carbonyl (C=O) groups is 2. The number of hydrogen-bond acceptors (Lipinski definition) is 8. The predicted molar refractivity (Wildman–Crippen MR) is 78.3 cm³/mol. The molecule has 0 bridgehead atoms. The molecule has 9 heteroatoms. The van der Waals surface area contributed by atoms with Crippen molar-refractivity contribution in [2.24, 2.45) is 0 Å². The Morgan fingerprint density at radius 1 is 0.957 bits per heavy atom. The van der Waals surface area contributed by atoms with Gasteiger partial charge in [-0.1, -0.05) is 0 Å². The van der Waals surface area contributed by atoms with Crippen LogP contribution in [0.2, 0.25) is 0 Å². The van der Waals surface area contributed by atoms with E-state index in [1.165, 1.54) is 31.9 Å². The molecule has 0 aromatic heterocycles. The molecule has 0 saturated carbocycles. The van der Waals surface area contributed by atoms with Crippen LogP contribution in [-0.2, 0) is 23.8 Å². The first kappa shape index (κ1) is 18.6. The molecule has 0 fully saturated rings. The van der Waals surface area contributed by atoms with Crippen LogP contribution in [0.4, 0.5) is 0 Å². The van der Waals surface area contributed by atoms with Gasteiger partial charge in [-0.05, 0) is 7.11 Å². The van der Waals surface area contributed by atoms with Gasteiger partial charge in [0.05, 0.1) is 46.3 Å². The maximum absolute atomic E-state index is 10.9. The zero-order valence-corrected chi connectivity index (χ0v) is 13.6. The molecule has 0 radical (unpaired) electrons. The number of nitrogens with one attached hydrogen (secondary N) is 2. The van der Waals surface area contributed by atoms with Crippen molar-refractivity contribution in [2.45, 2.75) is 12.8 Å². The molecule has 0 aromatic rings. The summed E-state index contributed by atoms with van der Waals surface area (Å²) in [4.78, 5) is 21.7. The van der Waals surface area contributed by atoms with E-state index >= 15 is 0 Å². The zero-order chi connectivity index (χ0) is 17.2. The molecule has 9 nitrogen and oxygen atoms in total. The predicted octanol–water partition coefficient (Wildman–Crippen LogP) is -2.11. The number of hydrogen-bond donors (Lipinski definition) is 2. The molecule has 2 aliphatic rings. The van der Waals surface area contributed by atoms with E-state index in [1.807, 2.05) is 0 Å². The molecule has 0 amide bonds. The van der Waals surface area contributed by atoms with Crippen molar-refractivity contribution >= 4 is 17.9 Å². The summed E-state index contributed by atoms with van der Waals surface area (Å²) in [5.41, 5.74) is -0.785. The zero-order valence-electron chi connectivity index (χ0n) is 13.6. The van der Waals surface area contributed by atoms with Crippen molar-refractivity contribution in [2.75, 3.05) is 47.5 Å². The number of carbonyl (C=O) groups excluding carboxylic acids is 2. The summed E-state index contributed by atoms with van der Waals surface area (Å²) in [5, 5.41) is 17.6. The monoisotopic (exact) mass is 329 g/mol. The second-order valence-corrected chi connectivity index (χ2v) is 4.75. The minimum atomic E-state index is -1.08. The minimum Gasteiger partial charge on any atom is -0.616 e. The molecule has 2 rings (SSSR count). The maximum Gasteiger partial charge on any atom is 0.347 e. The first-order valence-corrected chi connectivity index (χ1v) is 7.26. The average Bonchev–Trinajstić information content (AvgIpc) is 2.61. The molecule has 0 atom stereocenters. The van der Waals surface area contributed by atoms with E-state index in [4.69, 9.17) is 0 Å². The number of methoxy groups -OCH3 is 3. The van der Waals surface area contributed by atoms with Gasteiger partial charge >= 0.3 is 17.9 Å². The number of esters is 2. The van der Waals surface area contributed by atoms with Crippen LogP contribution in [-0.4, -0.2) is 70.0 Å². The van der Waals surface area contributed by atoms with Crippen LogP contribution >= 0.6 is 0 Å². The fourth-order valence-electron chi connectivity index (χ4n) is 2.13. The molecular formula is C14H23N3O6. The summed E-state index contributed by atoms with van der Waals surface area (Å²) in [5.74, 6) is -1.99. The Balaban J connectivity index is 0.000000235. The largest absolute Gasteiger partial charge is 0.616 e. The standard InChI is InChI=1S/C7H13N3.C7H10O6/c1-3-8-7-9-4-2-6-10(7)5-1;1-11-5(8)4(6(9)12-2)7(10)13-3/h1-6H2,(H,8,9);8H,1-3H3. The van der Waals surface area contributed by atoms with Gasteiger partial charge in [0, 0.05) is 12.8 Å². The molecule has 23 heavy (non-hydrogen) atoms. The molecule has 0 spiro atoms. The minimum absolute atomic E-state index is 0.785. The lowest BCUT2D eigenvalue weighted by Crippen LogP contribution is -2.52. The van der Waals surface area contributed by atoms with E-state index in [-0.39, 0.29) is 0 Å². The van der Waals surface area contributed by atoms with E-state index in [0.717, 1.165) is 34.4 Å². The SMILES string of the molecule is C1CNC2=[N+](C1)CCCN2.COC(=O)C(C(=O)OC)=C([O-])OC. The van der Waals surface area contributed by atoms with Gasteiger partial charge in [0.15, 0.2) is 5.57 Å². The number of rotatable bonds is 3. The van der Waals surface area contributed by atoms with Crippen molar-refractivity contribution in [3.05, 3.63) is 11.5 Å². The van der Waals surface area contributed by atoms with Crippen LogP contribution < -0.4 is 15.7 Å². The van der Waals surface area contributed by atoms with E-state index in [9.17, 15) is 14.7 Å². The number of ether oxygens (including phenoxy) is 3. The second kappa shape index (κ2) is 9.54. The lowest BCUT2D eigenvalue weighted by molar-refractivity contribution is -0.539. The highest BCUT2D eigenvalue weighted by Crippen LogP contribution is 2.04. The third kappa shape index (κ3) is 5.35. The summed E-state index contributed by atoms with van der Waals surface area (Å²) < 4.78 is 14.9. The molecule has 0 aliphatic carbocycles. The van der Waals surface area contributed by atoms with Gasteiger partial charge in [0.2, 0.25) is 0 Å². The van der Waals surface area contributed by atoms with Crippen molar-refractivity contribution in [1.29, 1.82) is 0 Å². The van der Waals surface area contributed by atoms with Crippen LogP contribution in [0.25, 0.3) is 0 Å². The van der Waals surface area contributed by atoms with Crippen molar-refractivity contribution in [3.63, 3.8) is 0 Å². The maximum atomic E-state index is 10.9. The number of guanidine groups is 1. The van der Waals surface area contributed by atoms with Crippen LogP contribution in [0.1, 0.15) is 12.8 Å². The molecule has 2 heterocycles. The molecule has 2 N–H and O–H groups in total. The lowest BCUT2D eigenvalue weighted by atomic mass is 10.3. The van der Waals surface area contributed by atoms with Gasteiger partial charge < -0.3 is 19.3 Å². The Morgan fingerprint density at radius 2 is 1.43 bits per heavy atom. The molecule has 0 unspecified atom stereocenters. The quantitative estimate of drug-likeness (QED) is 0.151. The van der Waals surface area contributed by atoms with Crippen LogP contribution in [0.15, 0.2) is 11.5 Å². The van der Waals surface area contributed by atoms with Crippen molar-refractivity contribution in [3.8, 4) is 0 Å². The molecule has 0 saturated heterocycles. The van der Waals surface area contributed by atoms with E-state index in [0.29, 0.717) is 0 Å². The smallest absolute Gasteiger partial charge is 0.347 e. The molecule has 2 aliphatic heterocycles. The topological polar surface area (TPSA) is 112 Å². The van der Waals surface area contributed by atoms with E-state index < -0.39 is 23.5 Å². The summed E-state index contributed by atoms with van der Waals surface area (Å²) in [6.07, 6.45) is 2.57. The summed E-state index contributed by atoms with van der Waals surface area (Å²) >= 11 is 0. The normalized spacial score (nSPS) is 15.6. The molecule has 0 aromatic carbocycles. The van der Waals surface area contributed by atoms with Crippen LogP contribution in [0.3, 0.4) is 0 Å². The summed E-state index contributed by atoms with van der Waals surface area (Å²) in [6, 6.07) is 0. The van der Waals surface area contributed by atoms with Gasteiger partial charge in [-0.2, -0.15) is 0 Å².